The number of non-ortho nitro benzene ring substituents is 1. The van der Waals surface area contributed by atoms with Crippen LogP contribution in [0.5, 0.6) is 0 Å². The molecule has 0 saturated carbocycles. The minimum atomic E-state index is -0.743. The van der Waals surface area contributed by atoms with E-state index in [0.717, 1.165) is 6.07 Å². The first-order valence-electron chi connectivity index (χ1n) is 9.23. The lowest BCUT2D eigenvalue weighted by Gasteiger charge is -2.31. The van der Waals surface area contributed by atoms with E-state index in [-0.39, 0.29) is 35.3 Å². The molecular weight excluding hydrogens is 366 g/mol. The average Bonchev–Trinajstić information content (AvgIpc) is 3.36. The Balaban J connectivity index is 1.84. The van der Waals surface area contributed by atoms with Crippen LogP contribution in [-0.4, -0.2) is 64.0 Å². The topological polar surface area (TPSA) is 153 Å². The number of nitrogens with zero attached hydrogens (tertiary/aromatic N) is 3. The molecule has 1 aromatic carbocycles. The van der Waals surface area contributed by atoms with Crippen molar-refractivity contribution in [1.82, 2.24) is 9.80 Å². The molecule has 3 rings (SSSR count). The SMILES string of the molecule is NCC(=O)N1CCCC1C(=O)N1CCCC1C(=O)c1cc([N+](=O)[O-])ccc1N. The van der Waals surface area contributed by atoms with Gasteiger partial charge in [0.1, 0.15) is 6.04 Å². The lowest BCUT2D eigenvalue weighted by Crippen LogP contribution is -2.52. The fourth-order valence-corrected chi connectivity index (χ4v) is 3.98. The first-order chi connectivity index (χ1) is 13.3. The quantitative estimate of drug-likeness (QED) is 0.318. The third kappa shape index (κ3) is 3.55. The van der Waals surface area contributed by atoms with Crippen LogP contribution in [0.1, 0.15) is 36.0 Å². The zero-order valence-electron chi connectivity index (χ0n) is 15.4. The summed E-state index contributed by atoms with van der Waals surface area (Å²) in [6.07, 6.45) is 2.31. The number of carbonyl (C=O) groups is 3. The van der Waals surface area contributed by atoms with Crippen molar-refractivity contribution in [2.75, 3.05) is 25.4 Å². The Labute approximate surface area is 161 Å². The summed E-state index contributed by atoms with van der Waals surface area (Å²) in [5, 5.41) is 11.0. The summed E-state index contributed by atoms with van der Waals surface area (Å²) >= 11 is 0. The van der Waals surface area contributed by atoms with E-state index in [2.05, 4.69) is 0 Å². The number of ketones is 1. The number of nitro benzene ring substituents is 1. The molecule has 2 heterocycles. The first kappa shape index (κ1) is 19.7. The molecule has 0 spiro atoms. The number of benzene rings is 1. The third-order valence-corrected chi connectivity index (χ3v) is 5.38. The standard InChI is InChI=1S/C18H23N5O5/c19-10-16(24)21-7-2-4-15(21)18(26)22-8-1-3-14(22)17(25)12-9-11(23(27)28)5-6-13(12)20/h5-6,9,14-15H,1-4,7-8,10,19-20H2. The zero-order valence-corrected chi connectivity index (χ0v) is 15.4. The number of likely N-dealkylation sites (tertiary alicyclic amines) is 2. The molecule has 10 heteroatoms. The summed E-state index contributed by atoms with van der Waals surface area (Å²) in [5.74, 6) is -0.984. The number of rotatable bonds is 5. The molecule has 28 heavy (non-hydrogen) atoms. The monoisotopic (exact) mass is 389 g/mol. The van der Waals surface area contributed by atoms with E-state index < -0.39 is 22.8 Å². The summed E-state index contributed by atoms with van der Waals surface area (Å²) in [7, 11) is 0. The van der Waals surface area contributed by atoms with Crippen molar-refractivity contribution < 1.29 is 19.3 Å². The number of nitro groups is 1. The van der Waals surface area contributed by atoms with Crippen molar-refractivity contribution in [3.63, 3.8) is 0 Å². The van der Waals surface area contributed by atoms with Crippen LogP contribution < -0.4 is 11.5 Å². The smallest absolute Gasteiger partial charge is 0.270 e. The number of hydrogen-bond donors (Lipinski definition) is 2. The number of Topliss-reactive ketones (excluding diaryl/α,β-unsaturated/α-hetero) is 1. The van der Waals surface area contributed by atoms with E-state index >= 15 is 0 Å². The van der Waals surface area contributed by atoms with Gasteiger partial charge in [-0.25, -0.2) is 0 Å². The molecule has 0 bridgehead atoms. The van der Waals surface area contributed by atoms with Gasteiger partial charge < -0.3 is 21.3 Å². The van der Waals surface area contributed by atoms with Gasteiger partial charge >= 0.3 is 0 Å². The molecule has 2 fully saturated rings. The van der Waals surface area contributed by atoms with Gasteiger partial charge in [-0.05, 0) is 31.7 Å². The van der Waals surface area contributed by atoms with Gasteiger partial charge in [0.05, 0.1) is 17.5 Å². The third-order valence-electron chi connectivity index (χ3n) is 5.38. The Morgan fingerprint density at radius 3 is 2.39 bits per heavy atom. The molecular formula is C18H23N5O5. The number of carbonyl (C=O) groups excluding carboxylic acids is 3. The van der Waals surface area contributed by atoms with Crippen LogP contribution in [0.3, 0.4) is 0 Å². The molecule has 0 aliphatic carbocycles. The molecule has 150 valence electrons. The van der Waals surface area contributed by atoms with E-state index in [0.29, 0.717) is 38.8 Å². The van der Waals surface area contributed by atoms with Gasteiger partial charge in [0.2, 0.25) is 11.8 Å². The highest BCUT2D eigenvalue weighted by atomic mass is 16.6. The Hall–Kier alpha value is -3.01. The predicted octanol–water partition coefficient (Wildman–Crippen LogP) is 0.300. The lowest BCUT2D eigenvalue weighted by atomic mass is 9.99. The molecule has 2 atom stereocenters. The molecule has 10 nitrogen and oxygen atoms in total. The van der Waals surface area contributed by atoms with Crippen molar-refractivity contribution in [2.45, 2.75) is 37.8 Å². The lowest BCUT2D eigenvalue weighted by molar-refractivity contribution is -0.384. The minimum absolute atomic E-state index is 0.0419. The van der Waals surface area contributed by atoms with Crippen LogP contribution in [0.15, 0.2) is 18.2 Å². The molecule has 0 aromatic heterocycles. The molecule has 4 N–H and O–H groups in total. The highest BCUT2D eigenvalue weighted by Crippen LogP contribution is 2.29. The Kier molecular flexibility index (Phi) is 5.59. The zero-order chi connectivity index (χ0) is 20.4. The second-order valence-electron chi connectivity index (χ2n) is 7.03. The average molecular weight is 389 g/mol. The van der Waals surface area contributed by atoms with Crippen LogP contribution in [0.25, 0.3) is 0 Å². The Morgan fingerprint density at radius 2 is 1.75 bits per heavy atom. The molecule has 2 saturated heterocycles. The van der Waals surface area contributed by atoms with Gasteiger partial charge in [-0.2, -0.15) is 0 Å². The summed E-state index contributed by atoms with van der Waals surface area (Å²) < 4.78 is 0. The van der Waals surface area contributed by atoms with Crippen LogP contribution in [0, 0.1) is 10.1 Å². The molecule has 2 aliphatic rings. The van der Waals surface area contributed by atoms with Crippen molar-refractivity contribution >= 4 is 29.0 Å². The fourth-order valence-electron chi connectivity index (χ4n) is 3.98. The summed E-state index contributed by atoms with van der Waals surface area (Å²) in [6, 6.07) is 2.35. The highest BCUT2D eigenvalue weighted by Gasteiger charge is 2.42. The van der Waals surface area contributed by atoms with E-state index in [1.807, 2.05) is 0 Å². The van der Waals surface area contributed by atoms with E-state index in [1.54, 1.807) is 0 Å². The van der Waals surface area contributed by atoms with E-state index in [9.17, 15) is 24.5 Å². The maximum absolute atomic E-state index is 13.1. The number of hydrogen-bond acceptors (Lipinski definition) is 7. The van der Waals surface area contributed by atoms with Gasteiger partial charge in [0, 0.05) is 36.5 Å². The van der Waals surface area contributed by atoms with Crippen LogP contribution in [-0.2, 0) is 9.59 Å². The molecule has 2 aliphatic heterocycles. The maximum atomic E-state index is 13.1. The van der Waals surface area contributed by atoms with Crippen molar-refractivity contribution in [3.8, 4) is 0 Å². The van der Waals surface area contributed by atoms with Crippen LogP contribution >= 0.6 is 0 Å². The van der Waals surface area contributed by atoms with Crippen molar-refractivity contribution in [1.29, 1.82) is 0 Å². The van der Waals surface area contributed by atoms with Crippen LogP contribution in [0.2, 0.25) is 0 Å². The molecule has 1 aromatic rings. The first-order valence-corrected chi connectivity index (χ1v) is 9.23. The minimum Gasteiger partial charge on any atom is -0.398 e. The molecule has 0 radical (unpaired) electrons. The fraction of sp³-hybridized carbons (Fsp3) is 0.500. The Bertz CT molecular complexity index is 827. The normalized spacial score (nSPS) is 21.8. The number of nitrogen functional groups attached to an aromatic ring is 1. The number of amides is 2. The van der Waals surface area contributed by atoms with E-state index in [1.165, 1.54) is 21.9 Å². The van der Waals surface area contributed by atoms with E-state index in [4.69, 9.17) is 11.5 Å². The number of anilines is 1. The van der Waals surface area contributed by atoms with Gasteiger partial charge in [-0.3, -0.25) is 24.5 Å². The van der Waals surface area contributed by atoms with Crippen molar-refractivity contribution in [2.24, 2.45) is 5.73 Å². The van der Waals surface area contributed by atoms with Crippen LogP contribution in [0.4, 0.5) is 11.4 Å². The Morgan fingerprint density at radius 1 is 1.11 bits per heavy atom. The van der Waals surface area contributed by atoms with Gasteiger partial charge in [-0.1, -0.05) is 0 Å². The van der Waals surface area contributed by atoms with Gasteiger partial charge in [0.25, 0.3) is 5.69 Å². The summed E-state index contributed by atoms with van der Waals surface area (Å²) in [5.41, 5.74) is 11.2. The predicted molar refractivity (Wildman–Crippen MR) is 100 cm³/mol. The highest BCUT2D eigenvalue weighted by molar-refractivity contribution is 6.06. The van der Waals surface area contributed by atoms with Gasteiger partial charge in [0.15, 0.2) is 5.78 Å². The van der Waals surface area contributed by atoms with Crippen molar-refractivity contribution in [3.05, 3.63) is 33.9 Å². The largest absolute Gasteiger partial charge is 0.398 e. The van der Waals surface area contributed by atoms with Gasteiger partial charge in [-0.15, -0.1) is 0 Å². The maximum Gasteiger partial charge on any atom is 0.270 e. The summed E-state index contributed by atoms with van der Waals surface area (Å²) in [6.45, 7) is 0.693. The second kappa shape index (κ2) is 7.93. The molecule has 2 amide bonds. The second-order valence-corrected chi connectivity index (χ2v) is 7.03. The summed E-state index contributed by atoms with van der Waals surface area (Å²) in [4.78, 5) is 51.5. The number of nitrogens with two attached hydrogens (primary N) is 2. The molecule has 2 unspecified atom stereocenters.